The van der Waals surface area contributed by atoms with E-state index in [0.29, 0.717) is 18.8 Å². The van der Waals surface area contributed by atoms with Crippen LogP contribution in [0.5, 0.6) is 5.75 Å². The first-order valence-corrected chi connectivity index (χ1v) is 9.88. The number of amides is 3. The van der Waals surface area contributed by atoms with Crippen LogP contribution in [-0.4, -0.2) is 46.7 Å². The van der Waals surface area contributed by atoms with Crippen LogP contribution >= 0.6 is 0 Å². The fourth-order valence-corrected chi connectivity index (χ4v) is 3.70. The number of benzene rings is 1. The Bertz CT molecular complexity index is 653. The molecule has 1 atom stereocenters. The van der Waals surface area contributed by atoms with Crippen LogP contribution in [0.3, 0.4) is 0 Å². The van der Waals surface area contributed by atoms with Crippen molar-refractivity contribution in [1.82, 2.24) is 10.2 Å². The third-order valence-electron chi connectivity index (χ3n) is 4.97. The molecule has 2 N–H and O–H groups in total. The SMILES string of the molecule is CCCC1(CCC)NC(=O)N(CC(O)COc2ccccc2C(C)C)C1=O. The van der Waals surface area contributed by atoms with Gasteiger partial charge in [0, 0.05) is 0 Å². The second-order valence-corrected chi connectivity index (χ2v) is 7.59. The van der Waals surface area contributed by atoms with Crippen LogP contribution in [0.25, 0.3) is 0 Å². The number of aliphatic hydroxyl groups is 1. The molecule has 1 aliphatic heterocycles. The number of hydrogen-bond donors (Lipinski definition) is 2. The van der Waals surface area contributed by atoms with Gasteiger partial charge < -0.3 is 15.2 Å². The zero-order valence-corrected chi connectivity index (χ0v) is 16.8. The number of aliphatic hydroxyl groups excluding tert-OH is 1. The Morgan fingerprint density at radius 1 is 1.15 bits per heavy atom. The van der Waals surface area contributed by atoms with Crippen molar-refractivity contribution in [3.63, 3.8) is 0 Å². The first-order chi connectivity index (χ1) is 12.8. The van der Waals surface area contributed by atoms with Crippen molar-refractivity contribution in [2.45, 2.75) is 70.9 Å². The Morgan fingerprint density at radius 3 is 2.37 bits per heavy atom. The molecule has 0 bridgehead atoms. The van der Waals surface area contributed by atoms with Crippen LogP contribution in [0.15, 0.2) is 24.3 Å². The van der Waals surface area contributed by atoms with Crippen LogP contribution in [0.1, 0.15) is 64.9 Å². The summed E-state index contributed by atoms with van der Waals surface area (Å²) in [4.78, 5) is 26.3. The van der Waals surface area contributed by atoms with Gasteiger partial charge in [0.2, 0.25) is 0 Å². The summed E-state index contributed by atoms with van der Waals surface area (Å²) in [6.45, 7) is 8.10. The van der Waals surface area contributed by atoms with Gasteiger partial charge in [-0.3, -0.25) is 9.69 Å². The minimum absolute atomic E-state index is 0.0232. The molecule has 1 fully saturated rings. The lowest BCUT2D eigenvalue weighted by Crippen LogP contribution is -2.47. The van der Waals surface area contributed by atoms with Crippen molar-refractivity contribution in [2.24, 2.45) is 0 Å². The van der Waals surface area contributed by atoms with E-state index < -0.39 is 17.7 Å². The standard InChI is InChI=1S/C21H32N2O4/c1-5-11-21(12-6-2)19(25)23(20(26)22-21)13-16(24)14-27-18-10-8-7-9-17(18)15(3)4/h7-10,15-16,24H,5-6,11-14H2,1-4H3,(H,22,26). The average Bonchev–Trinajstić information content (AvgIpc) is 2.85. The molecule has 2 rings (SSSR count). The van der Waals surface area contributed by atoms with Gasteiger partial charge in [-0.15, -0.1) is 0 Å². The molecule has 150 valence electrons. The number of para-hydroxylation sites is 1. The fourth-order valence-electron chi connectivity index (χ4n) is 3.70. The highest BCUT2D eigenvalue weighted by Gasteiger charge is 2.50. The van der Waals surface area contributed by atoms with Crippen molar-refractivity contribution in [1.29, 1.82) is 0 Å². The van der Waals surface area contributed by atoms with Gasteiger partial charge in [0.15, 0.2) is 0 Å². The fraction of sp³-hybridized carbons (Fsp3) is 0.619. The number of urea groups is 1. The Kier molecular flexibility index (Phi) is 7.25. The summed E-state index contributed by atoms with van der Waals surface area (Å²) in [7, 11) is 0. The molecule has 0 spiro atoms. The molecule has 6 nitrogen and oxygen atoms in total. The smallest absolute Gasteiger partial charge is 0.325 e. The summed E-state index contributed by atoms with van der Waals surface area (Å²) < 4.78 is 5.77. The van der Waals surface area contributed by atoms with E-state index in [-0.39, 0.29) is 19.1 Å². The van der Waals surface area contributed by atoms with Crippen molar-refractivity contribution >= 4 is 11.9 Å². The molecule has 1 aliphatic rings. The molecule has 1 aromatic rings. The summed E-state index contributed by atoms with van der Waals surface area (Å²) >= 11 is 0. The average molecular weight is 376 g/mol. The van der Waals surface area contributed by atoms with Gasteiger partial charge in [0.05, 0.1) is 6.54 Å². The maximum Gasteiger partial charge on any atom is 0.325 e. The highest BCUT2D eigenvalue weighted by atomic mass is 16.5. The summed E-state index contributed by atoms with van der Waals surface area (Å²) in [5, 5.41) is 13.2. The van der Waals surface area contributed by atoms with Crippen LogP contribution in [-0.2, 0) is 4.79 Å². The molecule has 0 aliphatic carbocycles. The summed E-state index contributed by atoms with van der Waals surface area (Å²) in [5.41, 5.74) is 0.232. The predicted octanol–water partition coefficient (Wildman–Crippen LogP) is 3.44. The zero-order chi connectivity index (χ0) is 20.0. The molecule has 1 saturated heterocycles. The van der Waals surface area contributed by atoms with Crippen molar-refractivity contribution < 1.29 is 19.4 Å². The predicted molar refractivity (Wildman–Crippen MR) is 105 cm³/mol. The Balaban J connectivity index is 2.00. The number of nitrogens with one attached hydrogen (secondary N) is 1. The first-order valence-electron chi connectivity index (χ1n) is 9.88. The van der Waals surface area contributed by atoms with E-state index in [9.17, 15) is 14.7 Å². The topological polar surface area (TPSA) is 78.9 Å². The van der Waals surface area contributed by atoms with E-state index in [1.807, 2.05) is 38.1 Å². The number of ether oxygens (including phenoxy) is 1. The van der Waals surface area contributed by atoms with E-state index in [1.54, 1.807) is 0 Å². The third kappa shape index (κ3) is 4.80. The van der Waals surface area contributed by atoms with Gasteiger partial charge in [-0.1, -0.05) is 58.7 Å². The maximum absolute atomic E-state index is 12.9. The van der Waals surface area contributed by atoms with Gasteiger partial charge in [0.25, 0.3) is 5.91 Å². The molecule has 6 heteroatoms. The van der Waals surface area contributed by atoms with Crippen LogP contribution in [0.4, 0.5) is 4.79 Å². The van der Waals surface area contributed by atoms with E-state index in [2.05, 4.69) is 19.2 Å². The molecule has 1 aromatic carbocycles. The van der Waals surface area contributed by atoms with Crippen LogP contribution in [0, 0.1) is 0 Å². The van der Waals surface area contributed by atoms with E-state index >= 15 is 0 Å². The van der Waals surface area contributed by atoms with Gasteiger partial charge >= 0.3 is 6.03 Å². The lowest BCUT2D eigenvalue weighted by Gasteiger charge is -2.26. The summed E-state index contributed by atoms with van der Waals surface area (Å²) in [6, 6.07) is 7.27. The number of carbonyl (C=O) groups is 2. The Hall–Kier alpha value is -2.08. The van der Waals surface area contributed by atoms with Crippen LogP contribution < -0.4 is 10.1 Å². The first kappa shape index (κ1) is 21.2. The van der Waals surface area contributed by atoms with Crippen molar-refractivity contribution in [3.8, 4) is 5.75 Å². The van der Waals surface area contributed by atoms with Crippen molar-refractivity contribution in [2.75, 3.05) is 13.2 Å². The van der Waals surface area contributed by atoms with Crippen molar-refractivity contribution in [3.05, 3.63) is 29.8 Å². The number of β-amino-alcohol motifs (C(OH)–C–C–N with tert-alkyl or cyclic N) is 1. The molecular weight excluding hydrogens is 344 g/mol. The van der Waals surface area contributed by atoms with Gasteiger partial charge in [-0.2, -0.15) is 0 Å². The van der Waals surface area contributed by atoms with E-state index in [0.717, 1.165) is 29.1 Å². The number of rotatable bonds is 10. The summed E-state index contributed by atoms with van der Waals surface area (Å²) in [5.74, 6) is 0.779. The van der Waals surface area contributed by atoms with Gasteiger partial charge in [-0.05, 0) is 30.4 Å². The molecule has 1 heterocycles. The highest BCUT2D eigenvalue weighted by molar-refractivity contribution is 6.07. The lowest BCUT2D eigenvalue weighted by molar-refractivity contribution is -0.133. The quantitative estimate of drug-likeness (QED) is 0.613. The minimum atomic E-state index is -0.945. The number of nitrogens with zero attached hydrogens (tertiary/aromatic N) is 1. The highest BCUT2D eigenvalue weighted by Crippen LogP contribution is 2.29. The van der Waals surface area contributed by atoms with Gasteiger partial charge in [-0.25, -0.2) is 4.79 Å². The Morgan fingerprint density at radius 2 is 1.78 bits per heavy atom. The van der Waals surface area contributed by atoms with Crippen LogP contribution in [0.2, 0.25) is 0 Å². The second-order valence-electron chi connectivity index (χ2n) is 7.59. The Labute approximate surface area is 161 Å². The lowest BCUT2D eigenvalue weighted by atomic mass is 9.88. The number of hydrogen-bond acceptors (Lipinski definition) is 4. The molecule has 0 radical (unpaired) electrons. The van der Waals surface area contributed by atoms with E-state index in [1.165, 1.54) is 0 Å². The van der Waals surface area contributed by atoms with E-state index in [4.69, 9.17) is 4.74 Å². The largest absolute Gasteiger partial charge is 0.491 e. The molecule has 0 aromatic heterocycles. The minimum Gasteiger partial charge on any atom is -0.491 e. The zero-order valence-electron chi connectivity index (χ0n) is 16.8. The molecule has 1 unspecified atom stereocenters. The number of carbonyl (C=O) groups excluding carboxylic acids is 2. The molecule has 0 saturated carbocycles. The number of imide groups is 1. The normalized spacial score (nSPS) is 17.3. The van der Waals surface area contributed by atoms with Gasteiger partial charge in [0.1, 0.15) is 24.0 Å². The molecule has 3 amide bonds. The molecular formula is C21H32N2O4. The monoisotopic (exact) mass is 376 g/mol. The second kappa shape index (κ2) is 9.22. The molecule has 27 heavy (non-hydrogen) atoms. The maximum atomic E-state index is 12.9. The third-order valence-corrected chi connectivity index (χ3v) is 4.97. The summed E-state index contributed by atoms with van der Waals surface area (Å²) in [6.07, 6.45) is 1.88.